The highest BCUT2D eigenvalue weighted by Crippen LogP contribution is 2.25. The van der Waals surface area contributed by atoms with Crippen LogP contribution >= 0.6 is 0 Å². The van der Waals surface area contributed by atoms with Crippen LogP contribution in [0, 0.1) is 0 Å². The van der Waals surface area contributed by atoms with Gasteiger partial charge in [-0.05, 0) is 49.1 Å². The predicted octanol–water partition coefficient (Wildman–Crippen LogP) is 4.79. The van der Waals surface area contributed by atoms with Crippen LogP contribution in [0.5, 0.6) is 11.5 Å². The van der Waals surface area contributed by atoms with Crippen LogP contribution < -0.4 is 14.8 Å². The maximum Gasteiger partial charge on any atom is 0.265 e. The van der Waals surface area contributed by atoms with Gasteiger partial charge in [0.05, 0.1) is 6.61 Å². The number of carbonyl (C=O) groups excluding carboxylic acids is 1. The summed E-state index contributed by atoms with van der Waals surface area (Å²) in [5.41, 5.74) is 2.01. The summed E-state index contributed by atoms with van der Waals surface area (Å²) in [5.74, 6) is 1.21. The first-order valence-corrected chi connectivity index (χ1v) is 8.60. The van der Waals surface area contributed by atoms with Crippen molar-refractivity contribution < 1.29 is 14.3 Å². The van der Waals surface area contributed by atoms with Crippen LogP contribution in [0.1, 0.15) is 40.2 Å². The van der Waals surface area contributed by atoms with E-state index >= 15 is 0 Å². The van der Waals surface area contributed by atoms with Crippen molar-refractivity contribution in [1.29, 1.82) is 0 Å². The zero-order valence-electron chi connectivity index (χ0n) is 15.6. The van der Waals surface area contributed by atoms with Crippen molar-refractivity contribution in [2.45, 2.75) is 46.1 Å². The lowest BCUT2D eigenvalue weighted by Gasteiger charge is -2.20. The number of hydrogen-bond acceptors (Lipinski definition) is 3. The summed E-state index contributed by atoms with van der Waals surface area (Å²) in [6.07, 6.45) is -0.601. The minimum absolute atomic E-state index is 0.0904. The Morgan fingerprint density at radius 1 is 1.08 bits per heavy atom. The molecule has 1 amide bonds. The summed E-state index contributed by atoms with van der Waals surface area (Å²) < 4.78 is 11.2. The van der Waals surface area contributed by atoms with Crippen molar-refractivity contribution in [2.75, 3.05) is 11.9 Å². The molecule has 0 radical (unpaired) electrons. The summed E-state index contributed by atoms with van der Waals surface area (Å²) in [5, 5.41) is 2.85. The first kappa shape index (κ1) is 18.8. The smallest absolute Gasteiger partial charge is 0.265 e. The Morgan fingerprint density at radius 3 is 2.36 bits per heavy atom. The average Bonchev–Trinajstić information content (AvgIpc) is 2.55. The van der Waals surface area contributed by atoms with Crippen molar-refractivity contribution in [3.63, 3.8) is 0 Å². The van der Waals surface area contributed by atoms with E-state index in [0.29, 0.717) is 18.0 Å². The monoisotopic (exact) mass is 341 g/mol. The second-order valence-corrected chi connectivity index (χ2v) is 6.98. The number of benzene rings is 2. The van der Waals surface area contributed by atoms with Crippen LogP contribution in [-0.2, 0) is 10.2 Å². The van der Waals surface area contributed by atoms with E-state index < -0.39 is 6.10 Å². The normalized spacial score (nSPS) is 12.4. The quantitative estimate of drug-likeness (QED) is 0.822. The summed E-state index contributed by atoms with van der Waals surface area (Å²) in [6.45, 7) is 10.7. The SMILES string of the molecule is CCOc1cccc(NC(=O)C(C)Oc2ccc(C(C)(C)C)cc2)c1. The second kappa shape index (κ2) is 8.06. The van der Waals surface area contributed by atoms with Gasteiger partial charge in [-0.1, -0.05) is 39.0 Å². The van der Waals surface area contributed by atoms with Crippen LogP contribution in [0.4, 0.5) is 5.69 Å². The molecule has 0 aliphatic rings. The van der Waals surface area contributed by atoms with Gasteiger partial charge in [0.15, 0.2) is 6.10 Å². The van der Waals surface area contributed by atoms with E-state index in [9.17, 15) is 4.79 Å². The molecule has 2 rings (SSSR count). The minimum Gasteiger partial charge on any atom is -0.494 e. The Labute approximate surface area is 150 Å². The molecule has 0 aromatic heterocycles. The Hall–Kier alpha value is -2.49. The van der Waals surface area contributed by atoms with Crippen molar-refractivity contribution >= 4 is 11.6 Å². The van der Waals surface area contributed by atoms with Gasteiger partial charge in [0.1, 0.15) is 11.5 Å². The number of ether oxygens (including phenoxy) is 2. The van der Waals surface area contributed by atoms with Gasteiger partial charge in [0.25, 0.3) is 5.91 Å². The van der Waals surface area contributed by atoms with E-state index in [1.165, 1.54) is 5.56 Å². The Balaban J connectivity index is 1.97. The fourth-order valence-electron chi connectivity index (χ4n) is 2.37. The fourth-order valence-corrected chi connectivity index (χ4v) is 2.37. The average molecular weight is 341 g/mol. The van der Waals surface area contributed by atoms with E-state index in [0.717, 1.165) is 5.75 Å². The number of hydrogen-bond donors (Lipinski definition) is 1. The maximum atomic E-state index is 12.3. The highest BCUT2D eigenvalue weighted by molar-refractivity contribution is 5.94. The number of carbonyl (C=O) groups is 1. The van der Waals surface area contributed by atoms with Gasteiger partial charge in [-0.3, -0.25) is 4.79 Å². The summed E-state index contributed by atoms with van der Waals surface area (Å²) >= 11 is 0. The fraction of sp³-hybridized carbons (Fsp3) is 0.381. The second-order valence-electron chi connectivity index (χ2n) is 6.98. The van der Waals surface area contributed by atoms with Crippen molar-refractivity contribution in [3.05, 3.63) is 54.1 Å². The van der Waals surface area contributed by atoms with Crippen LogP contribution in [-0.4, -0.2) is 18.6 Å². The largest absolute Gasteiger partial charge is 0.494 e. The van der Waals surface area contributed by atoms with Crippen molar-refractivity contribution in [3.8, 4) is 11.5 Å². The summed E-state index contributed by atoms with van der Waals surface area (Å²) in [6, 6.07) is 15.2. The standard InChI is InChI=1S/C21H27NO3/c1-6-24-19-9-7-8-17(14-19)22-20(23)15(2)25-18-12-10-16(11-13-18)21(3,4)5/h7-15H,6H2,1-5H3,(H,22,23). The molecule has 25 heavy (non-hydrogen) atoms. The van der Waals surface area contributed by atoms with E-state index in [2.05, 4.69) is 26.1 Å². The molecule has 0 saturated heterocycles. The number of anilines is 1. The van der Waals surface area contributed by atoms with Crippen LogP contribution in [0.2, 0.25) is 0 Å². The van der Waals surface area contributed by atoms with Crippen LogP contribution in [0.15, 0.2) is 48.5 Å². The topological polar surface area (TPSA) is 47.6 Å². The molecule has 4 nitrogen and oxygen atoms in total. The van der Waals surface area contributed by atoms with E-state index in [4.69, 9.17) is 9.47 Å². The van der Waals surface area contributed by atoms with Gasteiger partial charge in [-0.2, -0.15) is 0 Å². The third-order valence-corrected chi connectivity index (χ3v) is 3.82. The third-order valence-electron chi connectivity index (χ3n) is 3.82. The lowest BCUT2D eigenvalue weighted by atomic mass is 9.87. The Bertz CT molecular complexity index is 702. The zero-order valence-corrected chi connectivity index (χ0v) is 15.6. The zero-order chi connectivity index (χ0) is 18.4. The van der Waals surface area contributed by atoms with Crippen LogP contribution in [0.3, 0.4) is 0 Å². The molecule has 2 aromatic rings. The lowest BCUT2D eigenvalue weighted by molar-refractivity contribution is -0.122. The third kappa shape index (κ3) is 5.52. The molecule has 1 unspecified atom stereocenters. The first-order valence-electron chi connectivity index (χ1n) is 8.60. The molecule has 0 aliphatic heterocycles. The Kier molecular flexibility index (Phi) is 6.07. The van der Waals surface area contributed by atoms with E-state index in [1.54, 1.807) is 13.0 Å². The summed E-state index contributed by atoms with van der Waals surface area (Å²) in [4.78, 5) is 12.3. The molecule has 0 heterocycles. The molecule has 134 valence electrons. The van der Waals surface area contributed by atoms with Gasteiger partial charge in [-0.15, -0.1) is 0 Å². The highest BCUT2D eigenvalue weighted by Gasteiger charge is 2.17. The van der Waals surface area contributed by atoms with Gasteiger partial charge < -0.3 is 14.8 Å². The molecular formula is C21H27NO3. The molecule has 0 aliphatic carbocycles. The van der Waals surface area contributed by atoms with Gasteiger partial charge >= 0.3 is 0 Å². The van der Waals surface area contributed by atoms with E-state index in [1.807, 2.05) is 49.4 Å². The minimum atomic E-state index is -0.601. The van der Waals surface area contributed by atoms with Gasteiger partial charge in [0, 0.05) is 11.8 Å². The van der Waals surface area contributed by atoms with Crippen LogP contribution in [0.25, 0.3) is 0 Å². The highest BCUT2D eigenvalue weighted by atomic mass is 16.5. The number of nitrogens with one attached hydrogen (secondary N) is 1. The predicted molar refractivity (Wildman–Crippen MR) is 101 cm³/mol. The number of rotatable bonds is 6. The van der Waals surface area contributed by atoms with Crippen molar-refractivity contribution in [2.24, 2.45) is 0 Å². The molecule has 0 spiro atoms. The molecule has 0 fully saturated rings. The molecule has 2 aromatic carbocycles. The molecule has 4 heteroatoms. The first-order chi connectivity index (χ1) is 11.8. The molecule has 1 atom stereocenters. The van der Waals surface area contributed by atoms with E-state index in [-0.39, 0.29) is 11.3 Å². The molecule has 0 saturated carbocycles. The molecular weight excluding hydrogens is 314 g/mol. The maximum absolute atomic E-state index is 12.3. The summed E-state index contributed by atoms with van der Waals surface area (Å²) in [7, 11) is 0. The molecule has 0 bridgehead atoms. The Morgan fingerprint density at radius 2 is 1.76 bits per heavy atom. The van der Waals surface area contributed by atoms with Gasteiger partial charge in [-0.25, -0.2) is 0 Å². The lowest BCUT2D eigenvalue weighted by Crippen LogP contribution is -2.30. The number of amides is 1. The van der Waals surface area contributed by atoms with Crippen molar-refractivity contribution in [1.82, 2.24) is 0 Å². The van der Waals surface area contributed by atoms with Gasteiger partial charge in [0.2, 0.25) is 0 Å². The molecule has 1 N–H and O–H groups in total.